The molecule has 2 aromatic heterocycles. The molecule has 1 aliphatic carbocycles. The van der Waals surface area contributed by atoms with Gasteiger partial charge in [-0.15, -0.1) is 0 Å². The van der Waals surface area contributed by atoms with E-state index in [4.69, 9.17) is 14.5 Å². The molecule has 0 bridgehead atoms. The van der Waals surface area contributed by atoms with Crippen LogP contribution in [0.15, 0.2) is 66.9 Å². The van der Waals surface area contributed by atoms with Crippen LogP contribution in [0.5, 0.6) is 5.75 Å². The fourth-order valence-electron chi connectivity index (χ4n) is 6.47. The Balaban J connectivity index is 1.29. The van der Waals surface area contributed by atoms with Gasteiger partial charge in [0.2, 0.25) is 5.91 Å². The molecule has 2 atom stereocenters. The predicted molar refractivity (Wildman–Crippen MR) is 162 cm³/mol. The number of piperazine rings is 1. The predicted octanol–water partition coefficient (Wildman–Crippen LogP) is 6.55. The van der Waals surface area contributed by atoms with E-state index in [-0.39, 0.29) is 17.9 Å². The topological polar surface area (TPSA) is 59.3 Å². The van der Waals surface area contributed by atoms with E-state index in [0.29, 0.717) is 55.2 Å². The molecule has 2 aromatic carbocycles. The van der Waals surface area contributed by atoms with E-state index in [2.05, 4.69) is 4.90 Å². The number of alkyl halides is 3. The first-order valence-corrected chi connectivity index (χ1v) is 15.1. The van der Waals surface area contributed by atoms with Crippen LogP contribution in [-0.2, 0) is 22.3 Å². The van der Waals surface area contributed by atoms with Crippen molar-refractivity contribution in [2.45, 2.75) is 44.5 Å². The summed E-state index contributed by atoms with van der Waals surface area (Å²) in [6, 6.07) is 16.7. The number of halogens is 3. The average Bonchev–Trinajstić information content (AvgIpc) is 3.41. The first kappa shape index (κ1) is 30.1. The lowest BCUT2D eigenvalue weighted by molar-refractivity contribution is -0.140. The molecule has 1 saturated heterocycles. The van der Waals surface area contributed by atoms with Crippen molar-refractivity contribution < 1.29 is 27.4 Å². The van der Waals surface area contributed by atoms with Gasteiger partial charge in [0.15, 0.2) is 0 Å². The van der Waals surface area contributed by atoms with E-state index in [1.54, 1.807) is 26.4 Å². The second-order valence-electron chi connectivity index (χ2n) is 11.7. The van der Waals surface area contributed by atoms with E-state index in [0.717, 1.165) is 48.7 Å². The first-order valence-electron chi connectivity index (χ1n) is 15.1. The zero-order valence-electron chi connectivity index (χ0n) is 25.0. The molecule has 232 valence electrons. The zero-order chi connectivity index (χ0) is 30.8. The highest BCUT2D eigenvalue weighted by Crippen LogP contribution is 2.34. The lowest BCUT2D eigenvalue weighted by atomic mass is 9.86. The number of amides is 1. The number of methoxy groups -OCH3 is 2. The number of pyridine rings is 1. The van der Waals surface area contributed by atoms with Crippen molar-refractivity contribution >= 4 is 11.6 Å². The molecule has 4 aromatic rings. The molecule has 1 amide bonds. The second-order valence-corrected chi connectivity index (χ2v) is 11.7. The molecule has 10 heteroatoms. The molecule has 0 radical (unpaired) electrons. The number of imidazole rings is 1. The molecule has 2 aliphatic rings. The molecule has 1 aliphatic heterocycles. The molecule has 2 fully saturated rings. The van der Waals surface area contributed by atoms with Crippen LogP contribution in [0.4, 0.5) is 13.2 Å². The van der Waals surface area contributed by atoms with Gasteiger partial charge in [-0.1, -0.05) is 30.7 Å². The van der Waals surface area contributed by atoms with Gasteiger partial charge in [-0.2, -0.15) is 13.2 Å². The molecule has 44 heavy (non-hydrogen) atoms. The van der Waals surface area contributed by atoms with Crippen molar-refractivity contribution in [2.24, 2.45) is 5.92 Å². The fourth-order valence-corrected chi connectivity index (χ4v) is 6.47. The Morgan fingerprint density at radius 2 is 1.70 bits per heavy atom. The molecule has 7 nitrogen and oxygen atoms in total. The monoisotopic (exact) mass is 606 g/mol. The maximum atomic E-state index is 13.5. The van der Waals surface area contributed by atoms with Crippen LogP contribution in [-0.4, -0.2) is 71.6 Å². The highest BCUT2D eigenvalue weighted by atomic mass is 19.4. The molecule has 3 heterocycles. The maximum Gasteiger partial charge on any atom is 0.416 e. The van der Waals surface area contributed by atoms with Gasteiger partial charge in [0.1, 0.15) is 11.4 Å². The number of aromatic nitrogens is 2. The van der Waals surface area contributed by atoms with Gasteiger partial charge >= 0.3 is 6.18 Å². The van der Waals surface area contributed by atoms with Gasteiger partial charge in [0.05, 0.1) is 30.2 Å². The molecular formula is C34H37F3N4O3. The van der Waals surface area contributed by atoms with Crippen molar-refractivity contribution in [3.05, 3.63) is 78.1 Å². The van der Waals surface area contributed by atoms with Crippen LogP contribution in [0.1, 0.15) is 36.9 Å². The summed E-state index contributed by atoms with van der Waals surface area (Å²) in [5, 5.41) is 0. The first-order chi connectivity index (χ1) is 21.2. The summed E-state index contributed by atoms with van der Waals surface area (Å²) in [5.74, 6) is 0.956. The smallest absolute Gasteiger partial charge is 0.416 e. The van der Waals surface area contributed by atoms with Crippen molar-refractivity contribution in [3.8, 4) is 28.1 Å². The highest BCUT2D eigenvalue weighted by Gasteiger charge is 2.33. The Hall–Kier alpha value is -3.89. The second kappa shape index (κ2) is 12.6. The van der Waals surface area contributed by atoms with Crippen molar-refractivity contribution in [2.75, 3.05) is 40.4 Å². The Kier molecular flexibility index (Phi) is 8.64. The van der Waals surface area contributed by atoms with Crippen molar-refractivity contribution in [1.82, 2.24) is 19.2 Å². The number of benzene rings is 2. The van der Waals surface area contributed by atoms with Crippen LogP contribution >= 0.6 is 0 Å². The molecule has 2 unspecified atom stereocenters. The highest BCUT2D eigenvalue weighted by molar-refractivity contribution is 5.79. The van der Waals surface area contributed by atoms with E-state index < -0.39 is 11.7 Å². The molecular weight excluding hydrogens is 569 g/mol. The van der Waals surface area contributed by atoms with Crippen LogP contribution in [0, 0.1) is 5.92 Å². The fraction of sp³-hybridized carbons (Fsp3) is 0.412. The van der Waals surface area contributed by atoms with Gasteiger partial charge in [-0.3, -0.25) is 9.69 Å². The van der Waals surface area contributed by atoms with Gasteiger partial charge in [-0.05, 0) is 66.8 Å². The quantitative estimate of drug-likeness (QED) is 0.239. The van der Waals surface area contributed by atoms with E-state index in [9.17, 15) is 18.0 Å². The third kappa shape index (κ3) is 6.32. The zero-order valence-corrected chi connectivity index (χ0v) is 25.0. The Morgan fingerprint density at radius 1 is 0.932 bits per heavy atom. The van der Waals surface area contributed by atoms with Crippen LogP contribution < -0.4 is 4.74 Å². The van der Waals surface area contributed by atoms with E-state index in [1.165, 1.54) is 12.1 Å². The van der Waals surface area contributed by atoms with Gasteiger partial charge < -0.3 is 18.8 Å². The number of carbonyl (C=O) groups excluding carboxylic acids is 1. The van der Waals surface area contributed by atoms with Crippen molar-refractivity contribution in [1.29, 1.82) is 0 Å². The summed E-state index contributed by atoms with van der Waals surface area (Å²) in [6.07, 6.45) is 1.33. The molecule has 0 N–H and O–H groups in total. The number of hydrogen-bond acceptors (Lipinski definition) is 5. The molecule has 6 rings (SSSR count). The Morgan fingerprint density at radius 3 is 2.45 bits per heavy atom. The molecule has 0 spiro atoms. The summed E-state index contributed by atoms with van der Waals surface area (Å²) in [6.45, 7) is 3.28. The van der Waals surface area contributed by atoms with Crippen molar-refractivity contribution in [3.63, 3.8) is 0 Å². The minimum atomic E-state index is -4.42. The minimum absolute atomic E-state index is 0.0213. The lowest BCUT2D eigenvalue weighted by Crippen LogP contribution is -2.50. The summed E-state index contributed by atoms with van der Waals surface area (Å²) in [4.78, 5) is 22.6. The van der Waals surface area contributed by atoms with Crippen LogP contribution in [0.3, 0.4) is 0 Å². The van der Waals surface area contributed by atoms with Gasteiger partial charge in [0.25, 0.3) is 0 Å². The number of nitrogens with zero attached hydrogens (tertiary/aromatic N) is 4. The standard InChI is InChI=1S/C34H37F3N4O3/c1-43-28-10-4-7-24(19-28)32-30(22-39-14-16-40(17-15-39)33(42)25-8-5-11-29(20-25)44-2)41-21-26(12-13-31(41)38-32)23-6-3-9-27(18-23)34(35,36)37/h3-4,6-7,9-10,12-13,18-19,21,25,29H,5,8,11,14-17,20,22H2,1-2H3. The lowest BCUT2D eigenvalue weighted by Gasteiger charge is -2.38. The SMILES string of the molecule is COc1cccc(-c2nc3ccc(-c4cccc(C(F)(F)F)c4)cn3c2CN2CCN(C(=O)C3CCCC(OC)C3)CC2)c1. The maximum absolute atomic E-state index is 13.5. The van der Waals surface area contributed by atoms with E-state index in [1.807, 2.05) is 45.8 Å². The number of hydrogen-bond donors (Lipinski definition) is 0. The third-order valence-electron chi connectivity index (χ3n) is 8.95. The summed E-state index contributed by atoms with van der Waals surface area (Å²) in [7, 11) is 3.34. The number of fused-ring (bicyclic) bond motifs is 1. The summed E-state index contributed by atoms with van der Waals surface area (Å²) >= 11 is 0. The largest absolute Gasteiger partial charge is 0.497 e. The van der Waals surface area contributed by atoms with Gasteiger partial charge in [0, 0.05) is 57.5 Å². The minimum Gasteiger partial charge on any atom is -0.497 e. The summed E-state index contributed by atoms with van der Waals surface area (Å²) in [5.41, 5.74) is 3.77. The Bertz CT molecular complexity index is 1630. The third-order valence-corrected chi connectivity index (χ3v) is 8.95. The van der Waals surface area contributed by atoms with E-state index >= 15 is 0 Å². The summed E-state index contributed by atoms with van der Waals surface area (Å²) < 4.78 is 53.4. The number of rotatable bonds is 7. The van der Waals surface area contributed by atoms with Gasteiger partial charge in [-0.25, -0.2) is 4.98 Å². The number of ether oxygens (including phenoxy) is 2. The van der Waals surface area contributed by atoms with Crippen LogP contribution in [0.2, 0.25) is 0 Å². The average molecular weight is 607 g/mol. The normalized spacial score (nSPS) is 19.8. The Labute approximate surface area is 255 Å². The molecule has 1 saturated carbocycles. The van der Waals surface area contributed by atoms with Crippen LogP contribution in [0.25, 0.3) is 28.0 Å². The number of carbonyl (C=O) groups is 1.